The first-order valence-corrected chi connectivity index (χ1v) is 12.8. The molecule has 0 aromatic heterocycles. The minimum Gasteiger partial charge on any atom is -0.497 e. The molecule has 10 heteroatoms. The van der Waals surface area contributed by atoms with Crippen molar-refractivity contribution in [2.24, 2.45) is 0 Å². The number of amides is 2. The van der Waals surface area contributed by atoms with E-state index in [-0.39, 0.29) is 24.5 Å². The van der Waals surface area contributed by atoms with Gasteiger partial charge in [-0.15, -0.1) is 0 Å². The van der Waals surface area contributed by atoms with Gasteiger partial charge in [0.15, 0.2) is 0 Å². The van der Waals surface area contributed by atoms with Gasteiger partial charge in [0, 0.05) is 6.54 Å². The summed E-state index contributed by atoms with van der Waals surface area (Å²) in [6, 6.07) is 21.7. The number of methoxy groups -OCH3 is 1. The molecule has 2 N–H and O–H groups in total. The lowest BCUT2D eigenvalue weighted by molar-refractivity contribution is -0.133. The molecule has 1 atom stereocenters. The molecule has 1 aliphatic heterocycles. The number of carbonyl (C=O) groups is 2. The van der Waals surface area contributed by atoms with Crippen LogP contribution in [-0.2, 0) is 32.8 Å². The molecular formula is C26H27N3O6S. The fourth-order valence-corrected chi connectivity index (χ4v) is 5.23. The quantitative estimate of drug-likeness (QED) is 0.458. The van der Waals surface area contributed by atoms with Crippen molar-refractivity contribution in [1.29, 1.82) is 0 Å². The Labute approximate surface area is 210 Å². The molecular weight excluding hydrogens is 482 g/mol. The van der Waals surface area contributed by atoms with E-state index in [0.717, 1.165) is 15.4 Å². The van der Waals surface area contributed by atoms with Crippen molar-refractivity contribution in [3.8, 4) is 11.5 Å². The van der Waals surface area contributed by atoms with Gasteiger partial charge < -0.3 is 20.1 Å². The number of hydrogen-bond donors (Lipinski definition) is 2. The summed E-state index contributed by atoms with van der Waals surface area (Å²) in [7, 11) is -2.56. The highest BCUT2D eigenvalue weighted by Gasteiger charge is 2.40. The number of carbonyl (C=O) groups excluding carboxylic acids is 2. The van der Waals surface area contributed by atoms with E-state index in [2.05, 4.69) is 10.6 Å². The monoisotopic (exact) mass is 509 g/mol. The molecule has 36 heavy (non-hydrogen) atoms. The maximum atomic E-state index is 13.2. The fraction of sp³-hybridized carbons (Fsp3) is 0.231. The van der Waals surface area contributed by atoms with Crippen LogP contribution in [0.3, 0.4) is 0 Å². The molecule has 0 aliphatic carbocycles. The summed E-state index contributed by atoms with van der Waals surface area (Å²) in [5.74, 6) is 0.254. The number of sulfonamides is 1. The van der Waals surface area contributed by atoms with Crippen LogP contribution in [0.25, 0.3) is 0 Å². The maximum absolute atomic E-state index is 13.2. The second kappa shape index (κ2) is 11.2. The highest BCUT2D eigenvalue weighted by Crippen LogP contribution is 2.24. The van der Waals surface area contributed by atoms with Crippen molar-refractivity contribution < 1.29 is 27.5 Å². The molecule has 0 saturated carbocycles. The Kier molecular flexibility index (Phi) is 7.87. The lowest BCUT2D eigenvalue weighted by Crippen LogP contribution is -2.58. The number of rotatable bonds is 9. The molecule has 188 valence electrons. The van der Waals surface area contributed by atoms with Gasteiger partial charge in [0.25, 0.3) is 0 Å². The third-order valence-electron chi connectivity index (χ3n) is 5.77. The van der Waals surface area contributed by atoms with Crippen molar-refractivity contribution in [3.63, 3.8) is 0 Å². The second-order valence-corrected chi connectivity index (χ2v) is 10.1. The molecule has 2 amide bonds. The zero-order valence-electron chi connectivity index (χ0n) is 19.7. The third kappa shape index (κ3) is 6.02. The minimum atomic E-state index is -4.04. The lowest BCUT2D eigenvalue weighted by atomic mass is 10.1. The van der Waals surface area contributed by atoms with Crippen molar-refractivity contribution in [3.05, 3.63) is 90.0 Å². The smallest absolute Gasteiger partial charge is 0.245 e. The zero-order valence-corrected chi connectivity index (χ0v) is 20.5. The number of hydrogen-bond acceptors (Lipinski definition) is 6. The summed E-state index contributed by atoms with van der Waals surface area (Å²) in [6.45, 7) is 0.324. The van der Waals surface area contributed by atoms with Gasteiger partial charge >= 0.3 is 0 Å². The largest absolute Gasteiger partial charge is 0.497 e. The molecule has 1 aliphatic rings. The van der Waals surface area contributed by atoms with Crippen molar-refractivity contribution in [1.82, 2.24) is 14.9 Å². The molecule has 4 rings (SSSR count). The standard InChI is InChI=1S/C26H27N3O6S/c1-34-21-11-13-23(14-12-21)36(32,33)29-18-28-25(30)15-24(29)26(31)27-16-19-7-9-22(10-8-19)35-17-20-5-3-2-4-6-20/h2-14,24H,15-18H2,1H3,(H,27,31)(H,28,30). The summed E-state index contributed by atoms with van der Waals surface area (Å²) >= 11 is 0. The second-order valence-electron chi connectivity index (χ2n) is 8.18. The molecule has 1 unspecified atom stereocenters. The average molecular weight is 510 g/mol. The van der Waals surface area contributed by atoms with Gasteiger partial charge in [0.1, 0.15) is 24.1 Å². The van der Waals surface area contributed by atoms with E-state index in [4.69, 9.17) is 9.47 Å². The third-order valence-corrected chi connectivity index (χ3v) is 7.63. The van der Waals surface area contributed by atoms with Crippen LogP contribution in [-0.4, -0.2) is 44.4 Å². The molecule has 0 bridgehead atoms. The first kappa shape index (κ1) is 25.2. The van der Waals surface area contributed by atoms with Crippen LogP contribution in [0.2, 0.25) is 0 Å². The number of nitrogens with one attached hydrogen (secondary N) is 2. The molecule has 3 aromatic rings. The van der Waals surface area contributed by atoms with Crippen LogP contribution in [0, 0.1) is 0 Å². The van der Waals surface area contributed by atoms with Crippen molar-refractivity contribution >= 4 is 21.8 Å². The maximum Gasteiger partial charge on any atom is 0.245 e. The summed E-state index contributed by atoms with van der Waals surface area (Å²) < 4.78 is 38.3. The number of nitrogens with zero attached hydrogens (tertiary/aromatic N) is 1. The highest BCUT2D eigenvalue weighted by atomic mass is 32.2. The van der Waals surface area contributed by atoms with Gasteiger partial charge in [-0.2, -0.15) is 4.31 Å². The zero-order chi connectivity index (χ0) is 25.5. The van der Waals surface area contributed by atoms with Crippen LogP contribution in [0.4, 0.5) is 0 Å². The van der Waals surface area contributed by atoms with E-state index in [9.17, 15) is 18.0 Å². The Morgan fingerprint density at radius 3 is 2.31 bits per heavy atom. The van der Waals surface area contributed by atoms with Gasteiger partial charge in [-0.1, -0.05) is 42.5 Å². The Morgan fingerprint density at radius 1 is 0.972 bits per heavy atom. The van der Waals surface area contributed by atoms with Gasteiger partial charge in [-0.3, -0.25) is 9.59 Å². The molecule has 1 saturated heterocycles. The van der Waals surface area contributed by atoms with Crippen LogP contribution in [0.5, 0.6) is 11.5 Å². The Morgan fingerprint density at radius 2 is 1.64 bits per heavy atom. The molecule has 0 radical (unpaired) electrons. The van der Waals surface area contributed by atoms with E-state index >= 15 is 0 Å². The van der Waals surface area contributed by atoms with Gasteiger partial charge in [0.2, 0.25) is 21.8 Å². The average Bonchev–Trinajstić information content (AvgIpc) is 2.91. The first-order chi connectivity index (χ1) is 17.4. The highest BCUT2D eigenvalue weighted by molar-refractivity contribution is 7.89. The number of ether oxygens (including phenoxy) is 2. The normalized spacial score (nSPS) is 16.1. The number of benzene rings is 3. The van der Waals surface area contributed by atoms with E-state index < -0.39 is 27.9 Å². The summed E-state index contributed by atoms with van der Waals surface area (Å²) in [5.41, 5.74) is 1.86. The van der Waals surface area contributed by atoms with Crippen LogP contribution in [0.15, 0.2) is 83.8 Å². The Hall–Kier alpha value is -3.89. The van der Waals surface area contributed by atoms with Crippen LogP contribution >= 0.6 is 0 Å². The van der Waals surface area contributed by atoms with E-state index in [1.165, 1.54) is 31.4 Å². The first-order valence-electron chi connectivity index (χ1n) is 11.3. The molecule has 3 aromatic carbocycles. The predicted octanol–water partition coefficient (Wildman–Crippen LogP) is 2.43. The minimum absolute atomic E-state index is 0.00309. The predicted molar refractivity (Wildman–Crippen MR) is 132 cm³/mol. The lowest BCUT2D eigenvalue weighted by Gasteiger charge is -2.33. The summed E-state index contributed by atoms with van der Waals surface area (Å²) in [5, 5.41) is 5.26. The van der Waals surface area contributed by atoms with Gasteiger partial charge in [0.05, 0.1) is 25.1 Å². The van der Waals surface area contributed by atoms with Crippen molar-refractivity contribution in [2.45, 2.75) is 30.5 Å². The van der Waals surface area contributed by atoms with Crippen molar-refractivity contribution in [2.75, 3.05) is 13.8 Å². The SMILES string of the molecule is COc1ccc(S(=O)(=O)N2CNC(=O)CC2C(=O)NCc2ccc(OCc3ccccc3)cc2)cc1. The molecule has 9 nitrogen and oxygen atoms in total. The molecule has 0 spiro atoms. The van der Waals surface area contributed by atoms with Crippen LogP contribution in [0.1, 0.15) is 17.5 Å². The van der Waals surface area contributed by atoms with Gasteiger partial charge in [-0.25, -0.2) is 8.42 Å². The summed E-state index contributed by atoms with van der Waals surface area (Å²) in [6.07, 6.45) is -0.270. The summed E-state index contributed by atoms with van der Waals surface area (Å²) in [4.78, 5) is 25.0. The Balaban J connectivity index is 1.39. The fourth-order valence-electron chi connectivity index (χ4n) is 3.74. The topological polar surface area (TPSA) is 114 Å². The van der Waals surface area contributed by atoms with E-state index in [1.807, 2.05) is 42.5 Å². The Bertz CT molecular complexity index is 1300. The van der Waals surface area contributed by atoms with E-state index in [0.29, 0.717) is 18.1 Å². The van der Waals surface area contributed by atoms with Crippen LogP contribution < -0.4 is 20.1 Å². The van der Waals surface area contributed by atoms with E-state index in [1.54, 1.807) is 12.1 Å². The molecule has 1 heterocycles. The molecule has 1 fully saturated rings. The van der Waals surface area contributed by atoms with Gasteiger partial charge in [-0.05, 0) is 47.5 Å².